The summed E-state index contributed by atoms with van der Waals surface area (Å²) in [5, 5.41) is 14.2. The highest BCUT2D eigenvalue weighted by molar-refractivity contribution is 6.30. The fraction of sp³-hybridized carbons (Fsp3) is 0.368. The van der Waals surface area contributed by atoms with E-state index in [1.54, 1.807) is 0 Å². The molecular weight excluding hydrogens is 294 g/mol. The van der Waals surface area contributed by atoms with Gasteiger partial charge in [-0.3, -0.25) is 0 Å². The van der Waals surface area contributed by atoms with Crippen molar-refractivity contribution in [2.75, 3.05) is 6.54 Å². The first-order valence-corrected chi connectivity index (χ1v) is 8.21. The summed E-state index contributed by atoms with van der Waals surface area (Å²) in [5.41, 5.74) is 3.52. The van der Waals surface area contributed by atoms with Crippen molar-refractivity contribution < 1.29 is 5.11 Å². The molecule has 2 aromatic carbocycles. The quantitative estimate of drug-likeness (QED) is 0.804. The topological polar surface area (TPSA) is 32.3 Å². The van der Waals surface area contributed by atoms with Crippen molar-refractivity contribution in [1.29, 1.82) is 0 Å². The molecule has 0 aliphatic rings. The Morgan fingerprint density at radius 3 is 2.41 bits per heavy atom. The molecule has 1 unspecified atom stereocenters. The van der Waals surface area contributed by atoms with Crippen LogP contribution >= 0.6 is 11.6 Å². The lowest BCUT2D eigenvalue weighted by Crippen LogP contribution is -2.32. The Kier molecular flexibility index (Phi) is 6.44. The molecule has 0 heterocycles. The normalized spacial score (nSPS) is 13.8. The van der Waals surface area contributed by atoms with E-state index < -0.39 is 6.10 Å². The molecule has 0 amide bonds. The first-order chi connectivity index (χ1) is 10.6. The predicted molar refractivity (Wildman–Crippen MR) is 93.4 cm³/mol. The van der Waals surface area contributed by atoms with Crippen molar-refractivity contribution in [3.05, 3.63) is 70.2 Å². The van der Waals surface area contributed by atoms with E-state index >= 15 is 0 Å². The summed E-state index contributed by atoms with van der Waals surface area (Å²) >= 11 is 5.95. The van der Waals surface area contributed by atoms with Crippen molar-refractivity contribution in [3.63, 3.8) is 0 Å². The second-order valence-corrected chi connectivity index (χ2v) is 6.19. The monoisotopic (exact) mass is 317 g/mol. The number of hydrogen-bond donors (Lipinski definition) is 2. The van der Waals surface area contributed by atoms with Crippen LogP contribution < -0.4 is 5.32 Å². The predicted octanol–water partition coefficient (Wildman–Crippen LogP) is 4.16. The maximum absolute atomic E-state index is 10.2. The molecule has 0 radical (unpaired) electrons. The third kappa shape index (κ3) is 5.13. The van der Waals surface area contributed by atoms with Gasteiger partial charge in [0, 0.05) is 17.6 Å². The SMILES string of the molecule is CCc1ccc(CC(C)NC[C@H](O)c2cccc(Cl)c2)cc1. The van der Waals surface area contributed by atoms with Crippen molar-refractivity contribution in [3.8, 4) is 0 Å². The number of aliphatic hydroxyl groups excluding tert-OH is 1. The van der Waals surface area contributed by atoms with Crippen LogP contribution in [0.15, 0.2) is 48.5 Å². The fourth-order valence-electron chi connectivity index (χ4n) is 2.48. The molecule has 2 N–H and O–H groups in total. The number of aliphatic hydroxyl groups is 1. The minimum atomic E-state index is -0.538. The molecule has 0 bridgehead atoms. The standard InChI is InChI=1S/C19H24ClNO/c1-3-15-7-9-16(10-8-15)11-14(2)21-13-19(22)17-5-4-6-18(20)12-17/h4-10,12,14,19,21-22H,3,11,13H2,1-2H3/t14?,19-/m0/s1. The average Bonchev–Trinajstić information content (AvgIpc) is 2.53. The van der Waals surface area contributed by atoms with Crippen LogP contribution in [0.3, 0.4) is 0 Å². The van der Waals surface area contributed by atoms with Crippen LogP contribution in [0.4, 0.5) is 0 Å². The Bertz CT molecular complexity index is 582. The van der Waals surface area contributed by atoms with Gasteiger partial charge < -0.3 is 10.4 Å². The first kappa shape index (κ1) is 17.0. The van der Waals surface area contributed by atoms with Crippen molar-refractivity contribution >= 4 is 11.6 Å². The summed E-state index contributed by atoms with van der Waals surface area (Å²) in [6.07, 6.45) is 1.48. The molecule has 0 saturated carbocycles. The summed E-state index contributed by atoms with van der Waals surface area (Å²) in [7, 11) is 0. The number of aryl methyl sites for hydroxylation is 1. The van der Waals surface area contributed by atoms with Crippen molar-refractivity contribution in [2.45, 2.75) is 38.8 Å². The summed E-state index contributed by atoms with van der Waals surface area (Å²) < 4.78 is 0. The largest absolute Gasteiger partial charge is 0.387 e. The third-order valence-corrected chi connectivity index (χ3v) is 4.10. The second-order valence-electron chi connectivity index (χ2n) is 5.75. The summed E-state index contributed by atoms with van der Waals surface area (Å²) in [5.74, 6) is 0. The maximum Gasteiger partial charge on any atom is 0.0914 e. The van der Waals surface area contributed by atoms with Gasteiger partial charge in [-0.05, 0) is 48.6 Å². The van der Waals surface area contributed by atoms with Crippen LogP contribution in [0.1, 0.15) is 36.6 Å². The Morgan fingerprint density at radius 1 is 1.09 bits per heavy atom. The zero-order valence-electron chi connectivity index (χ0n) is 13.2. The van der Waals surface area contributed by atoms with Gasteiger partial charge in [-0.25, -0.2) is 0 Å². The summed E-state index contributed by atoms with van der Waals surface area (Å²) in [6, 6.07) is 16.4. The van der Waals surface area contributed by atoms with Crippen molar-refractivity contribution in [1.82, 2.24) is 5.32 Å². The Morgan fingerprint density at radius 2 is 1.77 bits per heavy atom. The van der Waals surface area contributed by atoms with E-state index in [0.29, 0.717) is 17.6 Å². The average molecular weight is 318 g/mol. The molecule has 2 atom stereocenters. The van der Waals surface area contributed by atoms with Gasteiger partial charge >= 0.3 is 0 Å². The Hall–Kier alpha value is -1.35. The zero-order chi connectivity index (χ0) is 15.9. The van der Waals surface area contributed by atoms with E-state index in [4.69, 9.17) is 11.6 Å². The van der Waals surface area contributed by atoms with E-state index in [1.807, 2.05) is 24.3 Å². The van der Waals surface area contributed by atoms with Crippen molar-refractivity contribution in [2.24, 2.45) is 0 Å². The van der Waals surface area contributed by atoms with Crippen LogP contribution in [0.25, 0.3) is 0 Å². The van der Waals surface area contributed by atoms with Gasteiger partial charge in [0.25, 0.3) is 0 Å². The lowest BCUT2D eigenvalue weighted by Gasteiger charge is -2.18. The minimum Gasteiger partial charge on any atom is -0.387 e. The molecule has 2 rings (SSSR count). The molecule has 0 aliphatic heterocycles. The highest BCUT2D eigenvalue weighted by atomic mass is 35.5. The smallest absolute Gasteiger partial charge is 0.0914 e. The minimum absolute atomic E-state index is 0.307. The molecule has 22 heavy (non-hydrogen) atoms. The molecule has 118 valence electrons. The van der Waals surface area contributed by atoms with Gasteiger partial charge in [-0.1, -0.05) is 54.9 Å². The lowest BCUT2D eigenvalue weighted by molar-refractivity contribution is 0.170. The number of nitrogens with one attached hydrogen (secondary N) is 1. The molecule has 0 saturated heterocycles. The zero-order valence-corrected chi connectivity index (χ0v) is 14.0. The molecule has 0 fully saturated rings. The third-order valence-electron chi connectivity index (χ3n) is 3.87. The van der Waals surface area contributed by atoms with Crippen LogP contribution in [-0.4, -0.2) is 17.7 Å². The van der Waals surface area contributed by atoms with Gasteiger partial charge in [0.2, 0.25) is 0 Å². The fourth-order valence-corrected chi connectivity index (χ4v) is 2.68. The molecule has 2 aromatic rings. The van der Waals surface area contributed by atoms with Crippen LogP contribution in [0.5, 0.6) is 0 Å². The lowest BCUT2D eigenvalue weighted by atomic mass is 10.0. The van der Waals surface area contributed by atoms with E-state index in [2.05, 4.69) is 43.4 Å². The Balaban J connectivity index is 1.82. The first-order valence-electron chi connectivity index (χ1n) is 7.83. The molecule has 2 nitrogen and oxygen atoms in total. The van der Waals surface area contributed by atoms with E-state index in [0.717, 1.165) is 18.4 Å². The van der Waals surface area contributed by atoms with E-state index in [1.165, 1.54) is 11.1 Å². The van der Waals surface area contributed by atoms with E-state index in [-0.39, 0.29) is 0 Å². The highest BCUT2D eigenvalue weighted by Gasteiger charge is 2.10. The molecular formula is C19H24ClNO. The Labute approximate surface area is 138 Å². The van der Waals surface area contributed by atoms with Gasteiger partial charge in [-0.15, -0.1) is 0 Å². The highest BCUT2D eigenvalue weighted by Crippen LogP contribution is 2.17. The summed E-state index contributed by atoms with van der Waals surface area (Å²) in [4.78, 5) is 0. The van der Waals surface area contributed by atoms with Crippen LogP contribution in [0.2, 0.25) is 5.02 Å². The number of hydrogen-bond acceptors (Lipinski definition) is 2. The summed E-state index contributed by atoms with van der Waals surface area (Å²) in [6.45, 7) is 4.82. The van der Waals surface area contributed by atoms with Crippen LogP contribution in [0, 0.1) is 0 Å². The van der Waals surface area contributed by atoms with Gasteiger partial charge in [-0.2, -0.15) is 0 Å². The van der Waals surface area contributed by atoms with E-state index in [9.17, 15) is 5.11 Å². The molecule has 0 aromatic heterocycles. The second kappa shape index (κ2) is 8.33. The molecule has 0 aliphatic carbocycles. The van der Waals surface area contributed by atoms with Gasteiger partial charge in [0.05, 0.1) is 6.10 Å². The number of benzene rings is 2. The number of rotatable bonds is 7. The molecule has 3 heteroatoms. The van der Waals surface area contributed by atoms with Crippen LogP contribution in [-0.2, 0) is 12.8 Å². The number of halogens is 1. The van der Waals surface area contributed by atoms with Gasteiger partial charge in [0.15, 0.2) is 0 Å². The van der Waals surface area contributed by atoms with Gasteiger partial charge in [0.1, 0.15) is 0 Å². The molecule has 0 spiro atoms. The maximum atomic E-state index is 10.2.